The molecule has 0 aliphatic carbocycles. The van der Waals surface area contributed by atoms with Crippen LogP contribution in [0.15, 0.2) is 40.9 Å². The second kappa shape index (κ2) is 5.72. The van der Waals surface area contributed by atoms with Crippen molar-refractivity contribution in [1.29, 1.82) is 5.26 Å². The first-order valence-corrected chi connectivity index (χ1v) is 6.21. The molecule has 0 bridgehead atoms. The van der Waals surface area contributed by atoms with E-state index in [9.17, 15) is 9.18 Å². The van der Waals surface area contributed by atoms with Crippen molar-refractivity contribution in [3.8, 4) is 17.6 Å². The van der Waals surface area contributed by atoms with Crippen molar-refractivity contribution < 1.29 is 19.0 Å². The van der Waals surface area contributed by atoms with E-state index in [1.54, 1.807) is 0 Å². The largest absolute Gasteiger partial charge is 0.478 e. The Labute approximate surface area is 122 Å². The van der Waals surface area contributed by atoms with Crippen molar-refractivity contribution in [3.63, 3.8) is 0 Å². The number of benzene rings is 2. The van der Waals surface area contributed by atoms with Crippen molar-refractivity contribution in [1.82, 2.24) is 0 Å². The normalized spacial score (nSPS) is 9.85. The van der Waals surface area contributed by atoms with Gasteiger partial charge in [-0.3, -0.25) is 0 Å². The van der Waals surface area contributed by atoms with Crippen molar-refractivity contribution in [3.05, 3.63) is 57.8 Å². The third-order valence-corrected chi connectivity index (χ3v) is 3.27. The first kappa shape index (κ1) is 14.0. The first-order valence-electron chi connectivity index (χ1n) is 5.42. The first-order chi connectivity index (χ1) is 9.52. The molecule has 2 aromatic carbocycles. The van der Waals surface area contributed by atoms with Gasteiger partial charge in [0.1, 0.15) is 11.8 Å². The van der Waals surface area contributed by atoms with Crippen LogP contribution < -0.4 is 4.74 Å². The number of carboxylic acid groups (broad SMARTS) is 1. The highest BCUT2D eigenvalue weighted by Gasteiger charge is 2.13. The Kier molecular flexibility index (Phi) is 4.01. The van der Waals surface area contributed by atoms with Gasteiger partial charge in [-0.05, 0) is 52.3 Å². The van der Waals surface area contributed by atoms with Crippen LogP contribution in [0.25, 0.3) is 0 Å². The Bertz CT molecular complexity index is 708. The maximum Gasteiger partial charge on any atom is 0.335 e. The molecule has 1 N–H and O–H groups in total. The van der Waals surface area contributed by atoms with Crippen LogP contribution in [0.3, 0.4) is 0 Å². The summed E-state index contributed by atoms with van der Waals surface area (Å²) in [4.78, 5) is 10.7. The number of rotatable bonds is 3. The van der Waals surface area contributed by atoms with Gasteiger partial charge in [-0.2, -0.15) is 5.26 Å². The van der Waals surface area contributed by atoms with E-state index in [1.807, 2.05) is 6.07 Å². The average Bonchev–Trinajstić information content (AvgIpc) is 2.45. The highest BCUT2D eigenvalue weighted by molar-refractivity contribution is 9.10. The van der Waals surface area contributed by atoms with E-state index in [0.717, 1.165) is 0 Å². The molecule has 0 heterocycles. The Hall–Kier alpha value is -2.39. The van der Waals surface area contributed by atoms with Crippen LogP contribution in [0.1, 0.15) is 15.9 Å². The maximum atomic E-state index is 13.9. The fraction of sp³-hybridized carbons (Fsp3) is 0. The quantitative estimate of drug-likeness (QED) is 0.921. The SMILES string of the molecule is N#Cc1ccc(Oc2ccc(C(=O)O)cc2)c(F)c1Br. The van der Waals surface area contributed by atoms with Gasteiger partial charge in [0.2, 0.25) is 0 Å². The van der Waals surface area contributed by atoms with Crippen LogP contribution in [-0.2, 0) is 0 Å². The van der Waals surface area contributed by atoms with Crippen LogP contribution in [-0.4, -0.2) is 11.1 Å². The van der Waals surface area contributed by atoms with Gasteiger partial charge >= 0.3 is 5.97 Å². The molecule has 2 aromatic rings. The number of nitriles is 1. The van der Waals surface area contributed by atoms with E-state index in [4.69, 9.17) is 15.1 Å². The minimum atomic E-state index is -1.05. The molecule has 0 saturated carbocycles. The van der Waals surface area contributed by atoms with Gasteiger partial charge in [-0.1, -0.05) is 0 Å². The summed E-state index contributed by atoms with van der Waals surface area (Å²) in [6, 6.07) is 10.2. The summed E-state index contributed by atoms with van der Waals surface area (Å²) in [6.45, 7) is 0. The molecule has 100 valence electrons. The highest BCUT2D eigenvalue weighted by atomic mass is 79.9. The van der Waals surface area contributed by atoms with Gasteiger partial charge in [0.15, 0.2) is 11.6 Å². The Morgan fingerprint density at radius 1 is 1.25 bits per heavy atom. The molecular weight excluding hydrogens is 329 g/mol. The van der Waals surface area contributed by atoms with Gasteiger partial charge in [0, 0.05) is 0 Å². The summed E-state index contributed by atoms with van der Waals surface area (Å²) in [7, 11) is 0. The molecule has 0 atom stereocenters. The maximum absolute atomic E-state index is 13.9. The van der Waals surface area contributed by atoms with Crippen LogP contribution >= 0.6 is 15.9 Å². The predicted molar refractivity (Wildman–Crippen MR) is 72.3 cm³/mol. The summed E-state index contributed by atoms with van der Waals surface area (Å²) in [5, 5.41) is 17.5. The lowest BCUT2D eigenvalue weighted by atomic mass is 10.2. The smallest absolute Gasteiger partial charge is 0.335 e. The molecule has 0 radical (unpaired) electrons. The van der Waals surface area contributed by atoms with Crippen molar-refractivity contribution in [2.45, 2.75) is 0 Å². The lowest BCUT2D eigenvalue weighted by Crippen LogP contribution is -1.96. The highest BCUT2D eigenvalue weighted by Crippen LogP contribution is 2.31. The number of halogens is 2. The third kappa shape index (κ3) is 2.78. The molecule has 4 nitrogen and oxygen atoms in total. The number of carboxylic acids is 1. The van der Waals surface area contributed by atoms with Crippen LogP contribution in [0.4, 0.5) is 4.39 Å². The summed E-state index contributed by atoms with van der Waals surface area (Å²) in [5.74, 6) is -1.50. The van der Waals surface area contributed by atoms with Crippen molar-refractivity contribution >= 4 is 21.9 Å². The van der Waals surface area contributed by atoms with Gasteiger partial charge in [0.25, 0.3) is 0 Å². The van der Waals surface area contributed by atoms with Gasteiger partial charge in [0.05, 0.1) is 15.6 Å². The Morgan fingerprint density at radius 3 is 2.45 bits per heavy atom. The second-order valence-corrected chi connectivity index (χ2v) is 4.58. The van der Waals surface area contributed by atoms with Crippen molar-refractivity contribution in [2.75, 3.05) is 0 Å². The van der Waals surface area contributed by atoms with Gasteiger partial charge in [-0.15, -0.1) is 0 Å². The number of nitrogens with zero attached hydrogens (tertiary/aromatic N) is 1. The number of hydrogen-bond donors (Lipinski definition) is 1. The molecule has 0 aromatic heterocycles. The Balaban J connectivity index is 2.29. The van der Waals surface area contributed by atoms with Crippen LogP contribution in [0.5, 0.6) is 11.5 Å². The molecule has 0 spiro atoms. The molecule has 0 saturated heterocycles. The fourth-order valence-electron chi connectivity index (χ4n) is 1.49. The second-order valence-electron chi connectivity index (χ2n) is 3.78. The third-order valence-electron chi connectivity index (χ3n) is 2.50. The van der Waals surface area contributed by atoms with Crippen LogP contribution in [0, 0.1) is 17.1 Å². The summed E-state index contributed by atoms with van der Waals surface area (Å²) in [6.07, 6.45) is 0. The van der Waals surface area contributed by atoms with Gasteiger partial charge < -0.3 is 9.84 Å². The van der Waals surface area contributed by atoms with E-state index >= 15 is 0 Å². The zero-order chi connectivity index (χ0) is 14.7. The van der Waals surface area contributed by atoms with Crippen molar-refractivity contribution in [2.24, 2.45) is 0 Å². The van der Waals surface area contributed by atoms with E-state index in [2.05, 4.69) is 15.9 Å². The monoisotopic (exact) mass is 335 g/mol. The van der Waals surface area contributed by atoms with E-state index in [-0.39, 0.29) is 21.3 Å². The minimum Gasteiger partial charge on any atom is -0.478 e. The molecule has 0 unspecified atom stereocenters. The number of ether oxygens (including phenoxy) is 1. The van der Waals surface area contributed by atoms with E-state index in [0.29, 0.717) is 5.75 Å². The molecule has 2 rings (SSSR count). The topological polar surface area (TPSA) is 70.3 Å². The van der Waals surface area contributed by atoms with Gasteiger partial charge in [-0.25, -0.2) is 9.18 Å². The molecule has 6 heteroatoms. The summed E-state index contributed by atoms with van der Waals surface area (Å²) < 4.78 is 19.3. The number of carbonyl (C=O) groups is 1. The molecular formula is C14H7BrFNO3. The molecule has 0 aliphatic rings. The summed E-state index contributed by atoms with van der Waals surface area (Å²) >= 11 is 2.98. The summed E-state index contributed by atoms with van der Waals surface area (Å²) in [5.41, 5.74) is 0.273. The van der Waals surface area contributed by atoms with E-state index < -0.39 is 11.8 Å². The molecule has 0 amide bonds. The number of hydrogen-bond acceptors (Lipinski definition) is 3. The molecule has 0 fully saturated rings. The molecule has 0 aliphatic heterocycles. The van der Waals surface area contributed by atoms with Crippen LogP contribution in [0.2, 0.25) is 0 Å². The van der Waals surface area contributed by atoms with E-state index in [1.165, 1.54) is 36.4 Å². The Morgan fingerprint density at radius 2 is 1.90 bits per heavy atom. The molecule has 20 heavy (non-hydrogen) atoms. The predicted octanol–water partition coefficient (Wildman–Crippen LogP) is 3.95. The fourth-order valence-corrected chi connectivity index (χ4v) is 1.91. The zero-order valence-corrected chi connectivity index (χ0v) is 11.5. The zero-order valence-electron chi connectivity index (χ0n) is 9.93. The average molecular weight is 336 g/mol. The number of aromatic carboxylic acids is 1. The minimum absolute atomic E-state index is 0.0275. The lowest BCUT2D eigenvalue weighted by molar-refractivity contribution is 0.0697. The standard InChI is InChI=1S/C14H7BrFNO3/c15-12-9(7-17)3-6-11(13(12)16)20-10-4-1-8(2-5-10)14(18)19/h1-6H,(H,18,19). The lowest BCUT2D eigenvalue weighted by Gasteiger charge is -2.08.